The van der Waals surface area contributed by atoms with Crippen LogP contribution in [-0.2, 0) is 9.53 Å². The highest BCUT2D eigenvalue weighted by Crippen LogP contribution is 2.20. The summed E-state index contributed by atoms with van der Waals surface area (Å²) in [7, 11) is 1.24. The van der Waals surface area contributed by atoms with Gasteiger partial charge in [0.25, 0.3) is 5.91 Å². The van der Waals surface area contributed by atoms with E-state index in [2.05, 4.69) is 10.1 Å². The van der Waals surface area contributed by atoms with E-state index < -0.39 is 23.8 Å². The summed E-state index contributed by atoms with van der Waals surface area (Å²) in [5.74, 6) is -2.03. The summed E-state index contributed by atoms with van der Waals surface area (Å²) in [6, 6.07) is 3.95. The number of nitrogens with one attached hydrogen (secondary N) is 1. The first-order chi connectivity index (χ1) is 8.99. The zero-order chi connectivity index (χ0) is 14.4. The summed E-state index contributed by atoms with van der Waals surface area (Å²) in [5, 5.41) is 11.2. The van der Waals surface area contributed by atoms with Crippen LogP contribution >= 0.6 is 11.8 Å². The Morgan fingerprint density at radius 1 is 1.53 bits per heavy atom. The van der Waals surface area contributed by atoms with Crippen molar-refractivity contribution in [2.24, 2.45) is 0 Å². The molecule has 2 N–H and O–H groups in total. The fourth-order valence-electron chi connectivity index (χ4n) is 1.36. The highest BCUT2D eigenvalue weighted by atomic mass is 32.2. The molecular formula is C12H14FNO4S. The Hall–Kier alpha value is -1.60. The molecule has 0 bridgehead atoms. The van der Waals surface area contributed by atoms with Crippen LogP contribution in [0.2, 0.25) is 0 Å². The van der Waals surface area contributed by atoms with Gasteiger partial charge in [0.15, 0.2) is 6.10 Å². The van der Waals surface area contributed by atoms with Crippen molar-refractivity contribution in [3.8, 4) is 0 Å². The highest BCUT2D eigenvalue weighted by Gasteiger charge is 2.18. The minimum Gasteiger partial charge on any atom is -0.479 e. The second-order valence-electron chi connectivity index (χ2n) is 3.62. The van der Waals surface area contributed by atoms with Gasteiger partial charge in [-0.05, 0) is 24.5 Å². The Morgan fingerprint density at radius 3 is 2.74 bits per heavy atom. The molecule has 1 amide bonds. The van der Waals surface area contributed by atoms with Crippen LogP contribution in [-0.4, -0.2) is 43.0 Å². The lowest BCUT2D eigenvalue weighted by atomic mass is 10.2. The number of amides is 1. The minimum absolute atomic E-state index is 0.156. The van der Waals surface area contributed by atoms with Crippen molar-refractivity contribution in [3.05, 3.63) is 29.6 Å². The molecular weight excluding hydrogens is 273 g/mol. The zero-order valence-corrected chi connectivity index (χ0v) is 11.3. The van der Waals surface area contributed by atoms with E-state index in [4.69, 9.17) is 5.11 Å². The number of carboxylic acid groups (broad SMARTS) is 1. The molecule has 1 atom stereocenters. The van der Waals surface area contributed by atoms with Crippen molar-refractivity contribution in [3.63, 3.8) is 0 Å². The molecule has 104 valence electrons. The van der Waals surface area contributed by atoms with Crippen LogP contribution in [0.15, 0.2) is 23.1 Å². The van der Waals surface area contributed by atoms with E-state index in [-0.39, 0.29) is 12.1 Å². The number of hydrogen-bond donors (Lipinski definition) is 2. The molecule has 1 aromatic carbocycles. The summed E-state index contributed by atoms with van der Waals surface area (Å²) in [5.41, 5.74) is 0.269. The summed E-state index contributed by atoms with van der Waals surface area (Å²) in [4.78, 5) is 22.8. The number of halogens is 1. The second-order valence-corrected chi connectivity index (χ2v) is 4.47. The largest absolute Gasteiger partial charge is 0.479 e. The fourth-order valence-corrected chi connectivity index (χ4v) is 1.87. The monoisotopic (exact) mass is 287 g/mol. The maximum Gasteiger partial charge on any atom is 0.334 e. The highest BCUT2D eigenvalue weighted by molar-refractivity contribution is 7.98. The van der Waals surface area contributed by atoms with E-state index in [1.807, 2.05) is 0 Å². The van der Waals surface area contributed by atoms with Crippen LogP contribution in [0.25, 0.3) is 0 Å². The summed E-state index contributed by atoms with van der Waals surface area (Å²) < 4.78 is 17.9. The Labute approximate surface area is 114 Å². The van der Waals surface area contributed by atoms with Crippen molar-refractivity contribution in [1.29, 1.82) is 0 Å². The number of carbonyl (C=O) groups is 2. The quantitative estimate of drug-likeness (QED) is 0.773. The van der Waals surface area contributed by atoms with Crippen LogP contribution in [0.5, 0.6) is 0 Å². The molecule has 1 rings (SSSR count). The standard InChI is InChI=1S/C12H14FNO4S/c1-18-9(12(16)17)6-14-11(15)7-3-4-8(13)10(5-7)19-2/h3-5,9H,6H2,1-2H3,(H,14,15)(H,16,17). The van der Waals surface area contributed by atoms with Crippen LogP contribution in [0.1, 0.15) is 10.4 Å². The molecule has 0 radical (unpaired) electrons. The Balaban J connectivity index is 2.70. The minimum atomic E-state index is -1.16. The van der Waals surface area contributed by atoms with E-state index in [9.17, 15) is 14.0 Å². The van der Waals surface area contributed by atoms with Crippen molar-refractivity contribution >= 4 is 23.6 Å². The molecule has 0 heterocycles. The van der Waals surface area contributed by atoms with Gasteiger partial charge in [-0.2, -0.15) is 0 Å². The van der Waals surface area contributed by atoms with Gasteiger partial charge < -0.3 is 15.2 Å². The van der Waals surface area contributed by atoms with Gasteiger partial charge in [0.05, 0.1) is 6.54 Å². The zero-order valence-electron chi connectivity index (χ0n) is 10.5. The molecule has 19 heavy (non-hydrogen) atoms. The molecule has 0 aliphatic heterocycles. The molecule has 0 saturated carbocycles. The lowest BCUT2D eigenvalue weighted by Gasteiger charge is -2.12. The first kappa shape index (κ1) is 15.5. The predicted octanol–water partition coefficient (Wildman–Crippen LogP) is 1.38. The maximum atomic E-state index is 13.3. The van der Waals surface area contributed by atoms with Crippen molar-refractivity contribution in [1.82, 2.24) is 5.32 Å². The van der Waals surface area contributed by atoms with Crippen LogP contribution in [0.3, 0.4) is 0 Å². The number of benzene rings is 1. The normalized spacial score (nSPS) is 11.9. The van der Waals surface area contributed by atoms with Crippen molar-refractivity contribution < 1.29 is 23.8 Å². The lowest BCUT2D eigenvalue weighted by Crippen LogP contribution is -2.37. The number of rotatable bonds is 6. The Bertz CT molecular complexity index is 481. The summed E-state index contributed by atoms with van der Waals surface area (Å²) >= 11 is 1.19. The molecule has 7 heteroatoms. The van der Waals surface area contributed by atoms with E-state index in [0.717, 1.165) is 0 Å². The number of methoxy groups -OCH3 is 1. The molecule has 0 spiro atoms. The SMILES string of the molecule is COC(CNC(=O)c1ccc(F)c(SC)c1)C(=O)O. The molecule has 5 nitrogen and oxygen atoms in total. The van der Waals surface area contributed by atoms with Gasteiger partial charge in [-0.1, -0.05) is 0 Å². The van der Waals surface area contributed by atoms with E-state index in [1.165, 1.54) is 37.1 Å². The van der Waals surface area contributed by atoms with E-state index >= 15 is 0 Å². The number of aliphatic carboxylic acids is 1. The maximum absolute atomic E-state index is 13.3. The van der Waals surface area contributed by atoms with Crippen LogP contribution in [0, 0.1) is 5.82 Å². The number of thioether (sulfide) groups is 1. The molecule has 0 saturated heterocycles. The smallest absolute Gasteiger partial charge is 0.334 e. The predicted molar refractivity (Wildman–Crippen MR) is 68.9 cm³/mol. The first-order valence-electron chi connectivity index (χ1n) is 5.37. The Kier molecular flexibility index (Phi) is 5.78. The third-order valence-corrected chi connectivity index (χ3v) is 3.17. The third kappa shape index (κ3) is 4.22. The second kappa shape index (κ2) is 7.10. The molecule has 1 aromatic rings. The molecule has 0 aromatic heterocycles. The fraction of sp³-hybridized carbons (Fsp3) is 0.333. The van der Waals surface area contributed by atoms with Crippen LogP contribution in [0.4, 0.5) is 4.39 Å². The number of carboxylic acids is 1. The van der Waals surface area contributed by atoms with Crippen LogP contribution < -0.4 is 5.32 Å². The molecule has 0 aliphatic rings. The van der Waals surface area contributed by atoms with Crippen molar-refractivity contribution in [2.45, 2.75) is 11.0 Å². The van der Waals surface area contributed by atoms with Crippen molar-refractivity contribution in [2.75, 3.05) is 19.9 Å². The summed E-state index contributed by atoms with van der Waals surface area (Å²) in [6.07, 6.45) is 0.593. The van der Waals surface area contributed by atoms with Gasteiger partial charge in [0.2, 0.25) is 0 Å². The Morgan fingerprint density at radius 2 is 2.21 bits per heavy atom. The van der Waals surface area contributed by atoms with Gasteiger partial charge >= 0.3 is 5.97 Å². The third-order valence-electron chi connectivity index (χ3n) is 2.42. The van der Waals surface area contributed by atoms with Gasteiger partial charge in [-0.15, -0.1) is 11.8 Å². The van der Waals surface area contributed by atoms with Gasteiger partial charge in [-0.25, -0.2) is 9.18 Å². The summed E-state index contributed by atoms with van der Waals surface area (Å²) in [6.45, 7) is -0.156. The number of hydrogen-bond acceptors (Lipinski definition) is 4. The average molecular weight is 287 g/mol. The molecule has 1 unspecified atom stereocenters. The number of carbonyl (C=O) groups excluding carboxylic acids is 1. The van der Waals surface area contributed by atoms with E-state index in [0.29, 0.717) is 4.90 Å². The van der Waals surface area contributed by atoms with Gasteiger partial charge in [0.1, 0.15) is 5.82 Å². The average Bonchev–Trinajstić information content (AvgIpc) is 2.39. The topological polar surface area (TPSA) is 75.6 Å². The molecule has 0 fully saturated rings. The van der Waals surface area contributed by atoms with E-state index in [1.54, 1.807) is 6.26 Å². The number of ether oxygens (including phenoxy) is 1. The lowest BCUT2D eigenvalue weighted by molar-refractivity contribution is -0.148. The first-order valence-corrected chi connectivity index (χ1v) is 6.59. The molecule has 0 aliphatic carbocycles. The van der Waals surface area contributed by atoms with Gasteiger partial charge in [-0.3, -0.25) is 4.79 Å². The van der Waals surface area contributed by atoms with Gasteiger partial charge in [0, 0.05) is 17.6 Å².